The minimum atomic E-state index is -0.302. The fourth-order valence-electron chi connectivity index (χ4n) is 2.32. The van der Waals surface area contributed by atoms with E-state index in [4.69, 9.17) is 0 Å². The van der Waals surface area contributed by atoms with Gasteiger partial charge in [0.15, 0.2) is 0 Å². The lowest BCUT2D eigenvalue weighted by Gasteiger charge is -2.31. The van der Waals surface area contributed by atoms with Crippen LogP contribution < -0.4 is 0 Å². The predicted molar refractivity (Wildman–Crippen MR) is 71.6 cm³/mol. The van der Waals surface area contributed by atoms with Gasteiger partial charge in [0.2, 0.25) is 0 Å². The van der Waals surface area contributed by atoms with Crippen LogP contribution in [0.15, 0.2) is 24.3 Å². The number of fused-ring (bicyclic) bond motifs is 1. The average molecular weight is 258 g/mol. The molecule has 2 aromatic rings. The topological polar surface area (TPSA) is 33.2 Å². The lowest BCUT2D eigenvalue weighted by Crippen LogP contribution is -2.42. The van der Waals surface area contributed by atoms with Crippen LogP contribution in [0.1, 0.15) is 29.4 Å². The molecule has 1 saturated heterocycles. The van der Waals surface area contributed by atoms with Gasteiger partial charge in [-0.2, -0.15) is 0 Å². The molecule has 1 aromatic carbocycles. The van der Waals surface area contributed by atoms with Crippen molar-refractivity contribution >= 4 is 16.8 Å². The molecule has 2 heterocycles. The van der Waals surface area contributed by atoms with Gasteiger partial charge in [-0.25, -0.2) is 4.39 Å². The van der Waals surface area contributed by atoms with Crippen LogP contribution in [0.5, 0.6) is 0 Å². The van der Waals surface area contributed by atoms with Gasteiger partial charge in [0.25, 0.3) is 5.91 Å². The van der Waals surface area contributed by atoms with Gasteiger partial charge in [0.05, 0.1) is 16.8 Å². The normalized spacial score (nSPS) is 14.5. The highest BCUT2D eigenvalue weighted by atomic mass is 19.1. The van der Waals surface area contributed by atoms with E-state index in [1.807, 2.05) is 17.9 Å². The van der Waals surface area contributed by atoms with E-state index in [0.29, 0.717) is 17.5 Å². The fourth-order valence-corrected chi connectivity index (χ4v) is 2.32. The Balaban J connectivity index is 2.11. The Labute approximate surface area is 111 Å². The maximum Gasteiger partial charge on any atom is 0.255 e. The van der Waals surface area contributed by atoms with Crippen molar-refractivity contribution in [2.24, 2.45) is 0 Å². The van der Waals surface area contributed by atoms with Crippen molar-refractivity contribution in [1.29, 1.82) is 0 Å². The maximum atomic E-state index is 13.2. The Morgan fingerprint density at radius 2 is 2.16 bits per heavy atom. The quantitative estimate of drug-likeness (QED) is 0.830. The smallest absolute Gasteiger partial charge is 0.255 e. The monoisotopic (exact) mass is 258 g/mol. The van der Waals surface area contributed by atoms with Crippen LogP contribution in [0.3, 0.4) is 0 Å². The molecule has 0 unspecified atom stereocenters. The summed E-state index contributed by atoms with van der Waals surface area (Å²) in [5, 5.41) is 0.808. The lowest BCUT2D eigenvalue weighted by molar-refractivity contribution is 0.0650. The van der Waals surface area contributed by atoms with Gasteiger partial charge in [-0.3, -0.25) is 9.78 Å². The summed E-state index contributed by atoms with van der Waals surface area (Å²) in [5.74, 6) is -0.259. The molecular formula is C15H15FN2O. The van der Waals surface area contributed by atoms with E-state index in [9.17, 15) is 9.18 Å². The highest BCUT2D eigenvalue weighted by molar-refractivity contribution is 5.99. The number of halogens is 1. The summed E-state index contributed by atoms with van der Waals surface area (Å²) in [7, 11) is 0. The number of amides is 1. The zero-order valence-corrected chi connectivity index (χ0v) is 10.8. The maximum absolute atomic E-state index is 13.2. The zero-order valence-electron chi connectivity index (χ0n) is 10.8. The van der Waals surface area contributed by atoms with E-state index in [2.05, 4.69) is 4.98 Å². The van der Waals surface area contributed by atoms with Gasteiger partial charge in [0, 0.05) is 24.5 Å². The van der Waals surface area contributed by atoms with Crippen LogP contribution >= 0.6 is 0 Å². The number of hydrogen-bond donors (Lipinski definition) is 0. The number of rotatable bonds is 2. The second-order valence-electron chi connectivity index (χ2n) is 4.82. The number of carbonyl (C=O) groups is 1. The summed E-state index contributed by atoms with van der Waals surface area (Å²) >= 11 is 0. The predicted octanol–water partition coefficient (Wildman–Crippen LogP) is 2.78. The molecule has 0 aliphatic carbocycles. The van der Waals surface area contributed by atoms with E-state index >= 15 is 0 Å². The van der Waals surface area contributed by atoms with Crippen LogP contribution in [-0.4, -0.2) is 28.9 Å². The summed E-state index contributed by atoms with van der Waals surface area (Å²) in [6.07, 6.45) is 1.74. The fraction of sp³-hybridized carbons (Fsp3) is 0.333. The number of aromatic nitrogens is 1. The first-order valence-electron chi connectivity index (χ1n) is 6.57. The van der Waals surface area contributed by atoms with Crippen molar-refractivity contribution in [1.82, 2.24) is 9.88 Å². The van der Waals surface area contributed by atoms with Gasteiger partial charge >= 0.3 is 0 Å². The Bertz CT molecular complexity index is 650. The molecule has 0 spiro atoms. The Hall–Kier alpha value is -1.97. The van der Waals surface area contributed by atoms with E-state index in [1.54, 1.807) is 6.07 Å². The third-order valence-corrected chi connectivity index (χ3v) is 3.57. The lowest BCUT2D eigenvalue weighted by atomic mass is 10.0. The van der Waals surface area contributed by atoms with Crippen molar-refractivity contribution in [3.05, 3.63) is 41.3 Å². The number of hydrogen-bond acceptors (Lipinski definition) is 2. The molecule has 98 valence electrons. The van der Waals surface area contributed by atoms with Crippen LogP contribution in [0, 0.1) is 5.82 Å². The van der Waals surface area contributed by atoms with Crippen LogP contribution in [0.25, 0.3) is 10.9 Å². The van der Waals surface area contributed by atoms with Crippen LogP contribution in [0.4, 0.5) is 4.39 Å². The third-order valence-electron chi connectivity index (χ3n) is 3.57. The van der Waals surface area contributed by atoms with Gasteiger partial charge in [0.1, 0.15) is 5.82 Å². The number of aryl methyl sites for hydroxylation is 1. The number of likely N-dealkylation sites (tertiary alicyclic amines) is 1. The van der Waals surface area contributed by atoms with Crippen molar-refractivity contribution in [3.8, 4) is 0 Å². The number of benzene rings is 1. The third kappa shape index (κ3) is 2.07. The van der Waals surface area contributed by atoms with E-state index in [0.717, 1.165) is 30.6 Å². The Morgan fingerprint density at radius 3 is 2.79 bits per heavy atom. The van der Waals surface area contributed by atoms with Crippen LogP contribution in [-0.2, 0) is 6.42 Å². The highest BCUT2D eigenvalue weighted by Gasteiger charge is 2.24. The number of carbonyl (C=O) groups excluding carboxylic acids is 1. The molecule has 1 aromatic heterocycles. The van der Waals surface area contributed by atoms with E-state index < -0.39 is 0 Å². The summed E-state index contributed by atoms with van der Waals surface area (Å²) in [6.45, 7) is 3.60. The Morgan fingerprint density at radius 1 is 1.37 bits per heavy atom. The first-order chi connectivity index (χ1) is 9.19. The molecule has 0 saturated carbocycles. The van der Waals surface area contributed by atoms with Gasteiger partial charge < -0.3 is 4.90 Å². The zero-order chi connectivity index (χ0) is 13.4. The second kappa shape index (κ2) is 4.61. The molecule has 1 fully saturated rings. The Kier molecular flexibility index (Phi) is 2.93. The molecule has 3 nitrogen and oxygen atoms in total. The van der Waals surface area contributed by atoms with Crippen molar-refractivity contribution in [2.45, 2.75) is 19.8 Å². The molecular weight excluding hydrogens is 243 g/mol. The molecule has 19 heavy (non-hydrogen) atoms. The molecule has 3 rings (SSSR count). The van der Waals surface area contributed by atoms with Crippen molar-refractivity contribution in [3.63, 3.8) is 0 Å². The minimum absolute atomic E-state index is 0.0434. The van der Waals surface area contributed by atoms with Crippen molar-refractivity contribution < 1.29 is 9.18 Å². The average Bonchev–Trinajstić information content (AvgIpc) is 2.34. The molecule has 4 heteroatoms. The summed E-state index contributed by atoms with van der Waals surface area (Å²) in [4.78, 5) is 18.6. The van der Waals surface area contributed by atoms with Gasteiger partial charge in [-0.05, 0) is 31.0 Å². The van der Waals surface area contributed by atoms with Gasteiger partial charge in [-0.1, -0.05) is 6.92 Å². The van der Waals surface area contributed by atoms with Crippen molar-refractivity contribution in [2.75, 3.05) is 13.1 Å². The first-order valence-corrected chi connectivity index (χ1v) is 6.57. The number of pyridine rings is 1. The SMILES string of the molecule is CCc1nc2cc(F)ccc2cc1C(=O)N1CCC1. The minimum Gasteiger partial charge on any atom is -0.338 e. The summed E-state index contributed by atoms with van der Waals surface area (Å²) in [5.41, 5.74) is 2.01. The molecule has 0 N–H and O–H groups in total. The molecule has 1 amide bonds. The van der Waals surface area contributed by atoms with E-state index in [-0.39, 0.29) is 11.7 Å². The first kappa shape index (κ1) is 12.1. The molecule has 0 atom stereocenters. The van der Waals surface area contributed by atoms with E-state index in [1.165, 1.54) is 12.1 Å². The molecule has 1 aliphatic rings. The second-order valence-corrected chi connectivity index (χ2v) is 4.82. The highest BCUT2D eigenvalue weighted by Crippen LogP contribution is 2.21. The standard InChI is InChI=1S/C15H15FN2O/c1-2-13-12(15(19)18-6-3-7-18)8-10-4-5-11(16)9-14(10)17-13/h4-5,8-9H,2-3,6-7H2,1H3. The molecule has 0 bridgehead atoms. The van der Waals surface area contributed by atoms with Crippen LogP contribution in [0.2, 0.25) is 0 Å². The summed E-state index contributed by atoms with van der Waals surface area (Å²) < 4.78 is 13.2. The summed E-state index contributed by atoms with van der Waals surface area (Å²) in [6, 6.07) is 6.31. The molecule has 0 radical (unpaired) electrons. The largest absolute Gasteiger partial charge is 0.338 e. The molecule has 1 aliphatic heterocycles. The van der Waals surface area contributed by atoms with Gasteiger partial charge in [-0.15, -0.1) is 0 Å². The number of nitrogens with zero attached hydrogens (tertiary/aromatic N) is 2.